The van der Waals surface area contributed by atoms with Gasteiger partial charge in [0.05, 0.1) is 18.7 Å². The van der Waals surface area contributed by atoms with Gasteiger partial charge in [-0.15, -0.1) is 0 Å². The lowest BCUT2D eigenvalue weighted by atomic mass is 10.1. The first kappa shape index (κ1) is 17.6. The molecule has 25 heavy (non-hydrogen) atoms. The van der Waals surface area contributed by atoms with Gasteiger partial charge in [-0.05, 0) is 13.0 Å². The average molecular weight is 348 g/mol. The summed E-state index contributed by atoms with van der Waals surface area (Å²) in [7, 11) is 1.59. The Morgan fingerprint density at radius 1 is 1.52 bits per heavy atom. The molecule has 8 heteroatoms. The van der Waals surface area contributed by atoms with Crippen LogP contribution in [0.15, 0.2) is 10.5 Å². The van der Waals surface area contributed by atoms with Gasteiger partial charge >= 0.3 is 0 Å². The van der Waals surface area contributed by atoms with E-state index in [1.165, 1.54) is 0 Å². The quantitative estimate of drug-likeness (QED) is 0.890. The number of methoxy groups -OCH3 is 1. The molecule has 1 fully saturated rings. The maximum atomic E-state index is 12.9. The molecule has 2 aromatic rings. The van der Waals surface area contributed by atoms with E-state index in [2.05, 4.69) is 15.2 Å². The van der Waals surface area contributed by atoms with Crippen LogP contribution in [-0.2, 0) is 16.1 Å². The molecule has 8 nitrogen and oxygen atoms in total. The first-order valence-electron chi connectivity index (χ1n) is 8.41. The molecule has 0 spiro atoms. The van der Waals surface area contributed by atoms with Gasteiger partial charge in [0.15, 0.2) is 11.6 Å². The van der Waals surface area contributed by atoms with E-state index in [9.17, 15) is 4.79 Å². The molecule has 0 bridgehead atoms. The minimum atomic E-state index is -0.302. The second-order valence-corrected chi connectivity index (χ2v) is 6.46. The molecule has 0 aromatic carbocycles. The van der Waals surface area contributed by atoms with Crippen LogP contribution in [0.2, 0.25) is 0 Å². The lowest BCUT2D eigenvalue weighted by Crippen LogP contribution is -2.42. The summed E-state index contributed by atoms with van der Waals surface area (Å²) in [4.78, 5) is 19.1. The standard InChI is InChI=1S/C17H24N4O4/c1-10(2)15-18-16(20-19-15)14-8-21(5-6-24-14)17(22)13-7-12(9-23-4)25-11(13)3/h7,10,14H,5-6,8-9H2,1-4H3,(H,18,19,20)/t14-/m1/s1. The van der Waals surface area contributed by atoms with Crippen molar-refractivity contribution in [1.29, 1.82) is 0 Å². The maximum absolute atomic E-state index is 12.9. The normalized spacial score (nSPS) is 18.1. The molecule has 0 aliphatic carbocycles. The molecule has 1 aliphatic rings. The monoisotopic (exact) mass is 348 g/mol. The highest BCUT2D eigenvalue weighted by Gasteiger charge is 2.30. The lowest BCUT2D eigenvalue weighted by molar-refractivity contribution is -0.0267. The van der Waals surface area contributed by atoms with Crippen LogP contribution in [0, 0.1) is 6.92 Å². The SMILES string of the molecule is COCc1cc(C(=O)N2CCO[C@@H](c3nc(C(C)C)n[nH]3)C2)c(C)o1. The summed E-state index contributed by atoms with van der Waals surface area (Å²) >= 11 is 0. The zero-order valence-electron chi connectivity index (χ0n) is 15.0. The number of furan rings is 1. The van der Waals surface area contributed by atoms with Crippen molar-refractivity contribution < 1.29 is 18.7 Å². The van der Waals surface area contributed by atoms with Crippen LogP contribution >= 0.6 is 0 Å². The largest absolute Gasteiger partial charge is 0.463 e. The Bertz CT molecular complexity index is 737. The van der Waals surface area contributed by atoms with Gasteiger partial charge in [-0.1, -0.05) is 13.8 Å². The molecule has 0 radical (unpaired) electrons. The Hall–Kier alpha value is -2.19. The van der Waals surface area contributed by atoms with Gasteiger partial charge in [0, 0.05) is 19.6 Å². The van der Waals surface area contributed by atoms with Crippen molar-refractivity contribution in [3.05, 3.63) is 34.8 Å². The predicted octanol–water partition coefficient (Wildman–Crippen LogP) is 2.19. The Kier molecular flexibility index (Phi) is 5.19. The van der Waals surface area contributed by atoms with E-state index in [4.69, 9.17) is 13.9 Å². The summed E-state index contributed by atoms with van der Waals surface area (Å²) < 4.78 is 16.4. The van der Waals surface area contributed by atoms with Gasteiger partial charge in [-0.2, -0.15) is 5.10 Å². The third-order valence-corrected chi connectivity index (χ3v) is 4.18. The van der Waals surface area contributed by atoms with Gasteiger partial charge in [0.2, 0.25) is 0 Å². The summed E-state index contributed by atoms with van der Waals surface area (Å²) in [6, 6.07) is 1.75. The lowest BCUT2D eigenvalue weighted by Gasteiger charge is -2.31. The number of nitrogens with one attached hydrogen (secondary N) is 1. The Balaban J connectivity index is 1.73. The summed E-state index contributed by atoms with van der Waals surface area (Å²) in [6.45, 7) is 7.61. The molecule has 3 heterocycles. The van der Waals surface area contributed by atoms with E-state index in [1.54, 1.807) is 25.0 Å². The number of H-pyrrole nitrogens is 1. The van der Waals surface area contributed by atoms with E-state index in [1.807, 2.05) is 13.8 Å². The molecule has 0 saturated carbocycles. The number of aromatic amines is 1. The Morgan fingerprint density at radius 3 is 3.00 bits per heavy atom. The van der Waals surface area contributed by atoms with Gasteiger partial charge in [-0.3, -0.25) is 9.89 Å². The Morgan fingerprint density at radius 2 is 2.32 bits per heavy atom. The fourth-order valence-corrected chi connectivity index (χ4v) is 2.83. The molecule has 0 unspecified atom stereocenters. The van der Waals surface area contributed by atoms with Crippen molar-refractivity contribution in [2.24, 2.45) is 0 Å². The molecule has 1 N–H and O–H groups in total. The fraction of sp³-hybridized carbons (Fsp3) is 0.588. The van der Waals surface area contributed by atoms with Crippen molar-refractivity contribution in [3.63, 3.8) is 0 Å². The number of hydrogen-bond acceptors (Lipinski definition) is 6. The molecular weight excluding hydrogens is 324 g/mol. The second-order valence-electron chi connectivity index (χ2n) is 6.46. The molecule has 1 amide bonds. The summed E-state index contributed by atoms with van der Waals surface area (Å²) in [5.74, 6) is 2.81. The van der Waals surface area contributed by atoms with E-state index in [-0.39, 0.29) is 17.9 Å². The van der Waals surface area contributed by atoms with Crippen LogP contribution in [0.5, 0.6) is 0 Å². The Labute approximate surface area is 146 Å². The zero-order valence-corrected chi connectivity index (χ0v) is 15.0. The van der Waals surface area contributed by atoms with Crippen LogP contribution in [0.1, 0.15) is 59.4 Å². The molecule has 1 saturated heterocycles. The number of rotatable bonds is 5. The van der Waals surface area contributed by atoms with Gasteiger partial charge in [-0.25, -0.2) is 4.98 Å². The number of morpholine rings is 1. The summed E-state index contributed by atoms with van der Waals surface area (Å²) in [6.07, 6.45) is -0.302. The number of amides is 1. The van der Waals surface area contributed by atoms with Crippen LogP contribution in [0.3, 0.4) is 0 Å². The highest BCUT2D eigenvalue weighted by molar-refractivity contribution is 5.95. The molecule has 2 aromatic heterocycles. The number of aryl methyl sites for hydroxylation is 1. The number of carbonyl (C=O) groups excluding carboxylic acids is 1. The first-order valence-corrected chi connectivity index (χ1v) is 8.41. The van der Waals surface area contributed by atoms with Crippen molar-refractivity contribution >= 4 is 5.91 Å². The van der Waals surface area contributed by atoms with Crippen molar-refractivity contribution in [1.82, 2.24) is 20.1 Å². The topological polar surface area (TPSA) is 93.5 Å². The predicted molar refractivity (Wildman–Crippen MR) is 89.2 cm³/mol. The van der Waals surface area contributed by atoms with E-state index in [0.717, 1.165) is 5.82 Å². The highest BCUT2D eigenvalue weighted by atomic mass is 16.5. The van der Waals surface area contributed by atoms with Crippen LogP contribution in [0.4, 0.5) is 0 Å². The fourth-order valence-electron chi connectivity index (χ4n) is 2.83. The second kappa shape index (κ2) is 7.37. The van der Waals surface area contributed by atoms with Crippen molar-refractivity contribution in [2.75, 3.05) is 26.8 Å². The zero-order chi connectivity index (χ0) is 18.0. The molecule has 1 atom stereocenters. The molecule has 1 aliphatic heterocycles. The van der Waals surface area contributed by atoms with Crippen molar-refractivity contribution in [2.45, 2.75) is 39.4 Å². The third kappa shape index (κ3) is 3.74. The number of hydrogen-bond donors (Lipinski definition) is 1. The van der Waals surface area contributed by atoms with E-state index < -0.39 is 0 Å². The van der Waals surface area contributed by atoms with Crippen LogP contribution in [-0.4, -0.2) is 52.8 Å². The van der Waals surface area contributed by atoms with Crippen LogP contribution < -0.4 is 0 Å². The molecule has 136 valence electrons. The first-order chi connectivity index (χ1) is 12.0. The number of carbonyl (C=O) groups is 1. The number of aromatic nitrogens is 3. The van der Waals surface area contributed by atoms with Gasteiger partial charge in [0.1, 0.15) is 24.2 Å². The van der Waals surface area contributed by atoms with Crippen molar-refractivity contribution in [3.8, 4) is 0 Å². The average Bonchev–Trinajstić information content (AvgIpc) is 3.22. The van der Waals surface area contributed by atoms with Crippen LogP contribution in [0.25, 0.3) is 0 Å². The minimum Gasteiger partial charge on any atom is -0.463 e. The van der Waals surface area contributed by atoms with E-state index >= 15 is 0 Å². The maximum Gasteiger partial charge on any atom is 0.257 e. The highest BCUT2D eigenvalue weighted by Crippen LogP contribution is 2.24. The van der Waals surface area contributed by atoms with E-state index in [0.29, 0.717) is 49.2 Å². The number of nitrogens with zero attached hydrogens (tertiary/aromatic N) is 3. The van der Waals surface area contributed by atoms with Gasteiger partial charge in [0.25, 0.3) is 5.91 Å². The molecular formula is C17H24N4O4. The summed E-state index contributed by atoms with van der Waals surface area (Å²) in [5.41, 5.74) is 0.563. The molecule has 3 rings (SSSR count). The number of ether oxygens (including phenoxy) is 2. The third-order valence-electron chi connectivity index (χ3n) is 4.18. The minimum absolute atomic E-state index is 0.0690. The smallest absolute Gasteiger partial charge is 0.257 e. The van der Waals surface area contributed by atoms with Gasteiger partial charge < -0.3 is 18.8 Å². The summed E-state index contributed by atoms with van der Waals surface area (Å²) in [5, 5.41) is 7.14.